The van der Waals surface area contributed by atoms with Crippen LogP contribution in [0.15, 0.2) is 36.5 Å². The topological polar surface area (TPSA) is 0 Å². The van der Waals surface area contributed by atoms with Gasteiger partial charge in [0.15, 0.2) is 0 Å². The zero-order valence-corrected chi connectivity index (χ0v) is 14.1. The van der Waals surface area contributed by atoms with E-state index in [1.165, 1.54) is 0 Å². The van der Waals surface area contributed by atoms with Crippen LogP contribution in [0.4, 0.5) is 0 Å². The van der Waals surface area contributed by atoms with E-state index in [0.717, 1.165) is 12.8 Å². The SMILES string of the molecule is [C-]1=CC=CC1.[C-]1=CC=CC1.[Cl-].[Cl-].[Zr+2].[Zr+2]. The second-order valence-electron chi connectivity index (χ2n) is 2.01. The first-order valence-electron chi connectivity index (χ1n) is 3.43. The van der Waals surface area contributed by atoms with Gasteiger partial charge >= 0.3 is 52.4 Å². The molecule has 0 saturated heterocycles. The van der Waals surface area contributed by atoms with Crippen LogP contribution in [0.25, 0.3) is 0 Å². The Morgan fingerprint density at radius 1 is 0.714 bits per heavy atom. The Balaban J connectivity index is -0.0000000556. The molecule has 0 unspecified atom stereocenters. The van der Waals surface area contributed by atoms with Crippen molar-refractivity contribution in [3.63, 3.8) is 0 Å². The summed E-state index contributed by atoms with van der Waals surface area (Å²) in [7, 11) is 0. The van der Waals surface area contributed by atoms with Gasteiger partial charge < -0.3 is 24.8 Å². The molecule has 0 atom stereocenters. The average molecular weight is 384 g/mol. The van der Waals surface area contributed by atoms with E-state index in [9.17, 15) is 0 Å². The molecule has 0 aromatic heterocycles. The van der Waals surface area contributed by atoms with Crippen LogP contribution in [0.5, 0.6) is 0 Å². The number of allylic oxidation sites excluding steroid dienone is 8. The van der Waals surface area contributed by atoms with Gasteiger partial charge in [-0.3, -0.25) is 12.2 Å². The molecule has 2 aliphatic rings. The smallest absolute Gasteiger partial charge is 1.00 e. The second kappa shape index (κ2) is 19.8. The molecule has 2 aliphatic carbocycles. The van der Waals surface area contributed by atoms with Crippen molar-refractivity contribution >= 4 is 0 Å². The van der Waals surface area contributed by atoms with Gasteiger partial charge in [-0.05, 0) is 0 Å². The molecule has 14 heavy (non-hydrogen) atoms. The van der Waals surface area contributed by atoms with Crippen LogP contribution in [-0.2, 0) is 52.4 Å². The fraction of sp³-hybridized carbons (Fsp3) is 0.200. The van der Waals surface area contributed by atoms with Crippen molar-refractivity contribution in [2.45, 2.75) is 12.8 Å². The zero-order chi connectivity index (χ0) is 7.07. The summed E-state index contributed by atoms with van der Waals surface area (Å²) in [5.74, 6) is 0. The molecule has 0 heterocycles. The van der Waals surface area contributed by atoms with E-state index in [1.807, 2.05) is 24.3 Å². The summed E-state index contributed by atoms with van der Waals surface area (Å²) in [4.78, 5) is 0. The molecular weight excluding hydrogens is 373 g/mol. The van der Waals surface area contributed by atoms with Crippen LogP contribution in [0, 0.1) is 12.2 Å². The van der Waals surface area contributed by atoms with Gasteiger partial charge in [0.2, 0.25) is 0 Å². The van der Waals surface area contributed by atoms with Crippen molar-refractivity contribution in [3.8, 4) is 0 Å². The van der Waals surface area contributed by atoms with Gasteiger partial charge in [-0.2, -0.15) is 12.2 Å². The minimum Gasteiger partial charge on any atom is -1.00 e. The van der Waals surface area contributed by atoms with Crippen LogP contribution in [0.3, 0.4) is 0 Å². The van der Waals surface area contributed by atoms with Crippen molar-refractivity contribution in [2.24, 2.45) is 0 Å². The van der Waals surface area contributed by atoms with Gasteiger partial charge in [-0.1, -0.05) is 0 Å². The Morgan fingerprint density at radius 2 is 1.07 bits per heavy atom. The first kappa shape index (κ1) is 24.5. The molecule has 0 aliphatic heterocycles. The third kappa shape index (κ3) is 15.8. The maximum Gasteiger partial charge on any atom is 2.00 e. The van der Waals surface area contributed by atoms with Crippen molar-refractivity contribution in [2.75, 3.05) is 0 Å². The monoisotopic (exact) mass is 380 g/mol. The number of hydrogen-bond donors (Lipinski definition) is 0. The number of hydrogen-bond acceptors (Lipinski definition) is 0. The summed E-state index contributed by atoms with van der Waals surface area (Å²) >= 11 is 0. The predicted octanol–water partition coefficient (Wildman–Crippen LogP) is -3.39. The van der Waals surface area contributed by atoms with Crippen LogP contribution in [-0.4, -0.2) is 0 Å². The fourth-order valence-corrected chi connectivity index (χ4v) is 0.680. The van der Waals surface area contributed by atoms with E-state index in [4.69, 9.17) is 0 Å². The number of halogens is 2. The summed E-state index contributed by atoms with van der Waals surface area (Å²) in [5, 5.41) is 0. The number of rotatable bonds is 0. The Kier molecular flexibility index (Phi) is 34.7. The molecule has 0 saturated carbocycles. The van der Waals surface area contributed by atoms with E-state index in [0.29, 0.717) is 0 Å². The molecule has 0 spiro atoms. The molecular formula is C10H10Cl2Zr2. The summed E-state index contributed by atoms with van der Waals surface area (Å²) in [6.07, 6.45) is 20.0. The van der Waals surface area contributed by atoms with Gasteiger partial charge in [-0.15, -0.1) is 12.8 Å². The maximum absolute atomic E-state index is 2.99. The van der Waals surface area contributed by atoms with E-state index in [1.54, 1.807) is 0 Å². The Morgan fingerprint density at radius 3 is 1.14 bits per heavy atom. The largest absolute Gasteiger partial charge is 2.00 e. The first-order valence-corrected chi connectivity index (χ1v) is 3.43. The molecule has 0 amide bonds. The van der Waals surface area contributed by atoms with Gasteiger partial charge in [0.25, 0.3) is 0 Å². The minimum absolute atomic E-state index is 0. The third-order valence-electron chi connectivity index (χ3n) is 1.17. The third-order valence-corrected chi connectivity index (χ3v) is 1.17. The summed E-state index contributed by atoms with van der Waals surface area (Å²) < 4.78 is 0. The summed E-state index contributed by atoms with van der Waals surface area (Å²) in [6.45, 7) is 0. The predicted molar refractivity (Wildman–Crippen MR) is 43.1 cm³/mol. The van der Waals surface area contributed by atoms with Crippen molar-refractivity contribution < 1.29 is 77.2 Å². The average Bonchev–Trinajstić information content (AvgIpc) is 2.67. The molecule has 0 fully saturated rings. The molecule has 2 rings (SSSR count). The molecule has 0 bridgehead atoms. The summed E-state index contributed by atoms with van der Waals surface area (Å²) in [6, 6.07) is 0. The normalized spacial score (nSPS) is 12.6. The molecule has 0 aromatic rings. The summed E-state index contributed by atoms with van der Waals surface area (Å²) in [5.41, 5.74) is 0. The van der Waals surface area contributed by atoms with Crippen LogP contribution in [0.1, 0.15) is 12.8 Å². The van der Waals surface area contributed by atoms with Crippen molar-refractivity contribution in [1.82, 2.24) is 0 Å². The van der Waals surface area contributed by atoms with Gasteiger partial charge in [0, 0.05) is 0 Å². The van der Waals surface area contributed by atoms with Crippen LogP contribution < -0.4 is 24.8 Å². The van der Waals surface area contributed by atoms with E-state index >= 15 is 0 Å². The van der Waals surface area contributed by atoms with E-state index in [-0.39, 0.29) is 77.2 Å². The molecule has 0 aromatic carbocycles. The minimum atomic E-state index is 0. The molecule has 0 radical (unpaired) electrons. The Labute approximate surface area is 137 Å². The quantitative estimate of drug-likeness (QED) is 0.383. The molecule has 4 heteroatoms. The standard InChI is InChI=1S/2C5H5.2ClH.2Zr/c2*1-2-4-5-3-1;;;;/h2*1-3H,4H2;2*1H;;/q2*-1;;;2*+2/p-2. The van der Waals surface area contributed by atoms with Gasteiger partial charge in [0.1, 0.15) is 0 Å². The molecule has 72 valence electrons. The molecule has 0 N–H and O–H groups in total. The Bertz CT molecular complexity index is 154. The second-order valence-corrected chi connectivity index (χ2v) is 2.01. The maximum atomic E-state index is 2.99. The van der Waals surface area contributed by atoms with E-state index in [2.05, 4.69) is 24.3 Å². The molecule has 0 nitrogen and oxygen atoms in total. The Hall–Kier alpha value is 1.31. The van der Waals surface area contributed by atoms with Crippen LogP contribution >= 0.6 is 0 Å². The van der Waals surface area contributed by atoms with Crippen molar-refractivity contribution in [3.05, 3.63) is 48.6 Å². The van der Waals surface area contributed by atoms with Gasteiger partial charge in [-0.25, -0.2) is 24.3 Å². The fourth-order valence-electron chi connectivity index (χ4n) is 0.680. The van der Waals surface area contributed by atoms with Crippen LogP contribution in [0.2, 0.25) is 0 Å². The first-order chi connectivity index (χ1) is 5.00. The van der Waals surface area contributed by atoms with Gasteiger partial charge in [0.05, 0.1) is 0 Å². The van der Waals surface area contributed by atoms with E-state index < -0.39 is 0 Å². The zero-order valence-electron chi connectivity index (χ0n) is 7.63. The van der Waals surface area contributed by atoms with Crippen molar-refractivity contribution in [1.29, 1.82) is 0 Å².